The molecule has 0 spiro atoms. The molecule has 1 saturated heterocycles. The van der Waals surface area contributed by atoms with Crippen LogP contribution in [0.1, 0.15) is 12.5 Å². The van der Waals surface area contributed by atoms with E-state index >= 15 is 0 Å². The summed E-state index contributed by atoms with van der Waals surface area (Å²) in [5.74, 6) is -1.22. The molecular weight excluding hydrogens is 422 g/mol. The van der Waals surface area contributed by atoms with Crippen LogP contribution in [0.5, 0.6) is 17.2 Å². The third-order valence-corrected chi connectivity index (χ3v) is 4.54. The van der Waals surface area contributed by atoms with E-state index in [0.29, 0.717) is 12.4 Å². The number of ether oxygens (including phenoxy) is 3. The first-order valence-corrected chi connectivity index (χ1v) is 9.35. The molecule has 3 rings (SSSR count). The highest BCUT2D eigenvalue weighted by molar-refractivity contribution is 6.39. The molecule has 0 aromatic heterocycles. The van der Waals surface area contributed by atoms with E-state index in [2.05, 4.69) is 5.32 Å². The Morgan fingerprint density at radius 3 is 2.28 bits per heavy atom. The highest BCUT2D eigenvalue weighted by Crippen LogP contribution is 2.36. The van der Waals surface area contributed by atoms with E-state index in [-0.39, 0.29) is 28.4 Å². The number of barbiturate groups is 1. The molecule has 1 aliphatic rings. The molecule has 1 aliphatic heterocycles. The fraction of sp³-hybridized carbons (Fsp3) is 0.190. The molecular formula is C21H19N3O8. The molecule has 4 amide bonds. The number of rotatable bonds is 7. The molecule has 1 fully saturated rings. The third-order valence-electron chi connectivity index (χ3n) is 4.54. The zero-order valence-electron chi connectivity index (χ0n) is 17.4. The number of urea groups is 1. The number of carbonyl (C=O) groups excluding carboxylic acids is 3. The van der Waals surface area contributed by atoms with Gasteiger partial charge in [-0.3, -0.25) is 25.0 Å². The van der Waals surface area contributed by atoms with Gasteiger partial charge in [0.05, 0.1) is 31.4 Å². The van der Waals surface area contributed by atoms with Crippen molar-refractivity contribution in [1.82, 2.24) is 5.32 Å². The molecule has 1 heterocycles. The van der Waals surface area contributed by atoms with Crippen LogP contribution in [-0.2, 0) is 9.59 Å². The van der Waals surface area contributed by atoms with Crippen LogP contribution >= 0.6 is 0 Å². The van der Waals surface area contributed by atoms with Crippen molar-refractivity contribution in [2.24, 2.45) is 0 Å². The first-order chi connectivity index (χ1) is 15.3. The number of imide groups is 2. The highest BCUT2D eigenvalue weighted by atomic mass is 16.6. The van der Waals surface area contributed by atoms with E-state index in [0.717, 1.165) is 17.0 Å². The summed E-state index contributed by atoms with van der Waals surface area (Å²) >= 11 is 0. The van der Waals surface area contributed by atoms with Crippen LogP contribution in [-0.4, -0.2) is 43.6 Å². The van der Waals surface area contributed by atoms with Gasteiger partial charge in [-0.15, -0.1) is 0 Å². The van der Waals surface area contributed by atoms with Crippen molar-refractivity contribution in [3.05, 3.63) is 57.6 Å². The molecule has 0 aliphatic carbocycles. The zero-order chi connectivity index (χ0) is 23.4. The number of nitrogens with zero attached hydrogens (tertiary/aromatic N) is 2. The van der Waals surface area contributed by atoms with Gasteiger partial charge in [0.15, 0.2) is 0 Å². The number of amides is 4. The maximum absolute atomic E-state index is 13.0. The normalized spacial score (nSPS) is 14.9. The number of methoxy groups -OCH3 is 2. The van der Waals surface area contributed by atoms with Gasteiger partial charge in [-0.2, -0.15) is 0 Å². The summed E-state index contributed by atoms with van der Waals surface area (Å²) in [6.45, 7) is 2.26. The summed E-state index contributed by atoms with van der Waals surface area (Å²) < 4.78 is 15.6. The predicted molar refractivity (Wildman–Crippen MR) is 113 cm³/mol. The molecule has 0 atom stereocenters. The van der Waals surface area contributed by atoms with Gasteiger partial charge >= 0.3 is 11.7 Å². The number of nitrogens with one attached hydrogen (secondary N) is 1. The second kappa shape index (κ2) is 9.16. The monoisotopic (exact) mass is 441 g/mol. The number of nitro groups is 1. The fourth-order valence-electron chi connectivity index (χ4n) is 3.07. The van der Waals surface area contributed by atoms with Crippen molar-refractivity contribution in [3.8, 4) is 17.2 Å². The van der Waals surface area contributed by atoms with Crippen LogP contribution in [0.4, 0.5) is 16.2 Å². The Kier molecular flexibility index (Phi) is 6.38. The maximum atomic E-state index is 13.0. The van der Waals surface area contributed by atoms with Gasteiger partial charge in [-0.05, 0) is 37.3 Å². The van der Waals surface area contributed by atoms with Gasteiger partial charge < -0.3 is 14.2 Å². The maximum Gasteiger partial charge on any atom is 0.335 e. The number of benzene rings is 2. The standard InChI is InChI=1S/C21H19N3O8/c1-4-32-14-7-5-13(6-8-14)23-20(26)15(19(25)22-21(23)27)9-12-10-16(24(28)29)18(31-3)11-17(12)30-2/h5-11H,4H2,1-3H3,(H,22,25,27)/b15-9-. The number of hydrogen-bond donors (Lipinski definition) is 1. The van der Waals surface area contributed by atoms with Crippen molar-refractivity contribution in [3.63, 3.8) is 0 Å². The summed E-state index contributed by atoms with van der Waals surface area (Å²) in [4.78, 5) is 49.3. The molecule has 1 N–H and O–H groups in total. The lowest BCUT2D eigenvalue weighted by atomic mass is 10.0. The van der Waals surface area contributed by atoms with Crippen LogP contribution in [0.25, 0.3) is 6.08 Å². The first kappa shape index (κ1) is 22.3. The van der Waals surface area contributed by atoms with Gasteiger partial charge in [0.1, 0.15) is 17.1 Å². The lowest BCUT2D eigenvalue weighted by molar-refractivity contribution is -0.385. The Balaban J connectivity index is 2.06. The minimum Gasteiger partial charge on any atom is -0.496 e. The average Bonchev–Trinajstić information content (AvgIpc) is 2.77. The number of hydrogen-bond acceptors (Lipinski definition) is 8. The summed E-state index contributed by atoms with van der Waals surface area (Å²) in [5, 5.41) is 13.5. The van der Waals surface area contributed by atoms with E-state index in [1.807, 2.05) is 6.92 Å². The summed E-state index contributed by atoms with van der Waals surface area (Å²) in [6.07, 6.45) is 1.12. The van der Waals surface area contributed by atoms with Gasteiger partial charge in [-0.25, -0.2) is 9.69 Å². The number of nitro benzene ring substituents is 1. The summed E-state index contributed by atoms with van der Waals surface area (Å²) in [7, 11) is 2.58. The van der Waals surface area contributed by atoms with Crippen LogP contribution in [0.3, 0.4) is 0 Å². The third kappa shape index (κ3) is 4.21. The molecule has 0 unspecified atom stereocenters. The van der Waals surface area contributed by atoms with Crippen molar-refractivity contribution >= 4 is 35.3 Å². The van der Waals surface area contributed by atoms with E-state index in [9.17, 15) is 24.5 Å². The molecule has 0 radical (unpaired) electrons. The van der Waals surface area contributed by atoms with E-state index < -0.39 is 28.3 Å². The second-order valence-electron chi connectivity index (χ2n) is 6.41. The first-order valence-electron chi connectivity index (χ1n) is 9.35. The summed E-state index contributed by atoms with van der Waals surface area (Å²) in [5.41, 5.74) is -0.499. The van der Waals surface area contributed by atoms with Crippen LogP contribution < -0.4 is 24.4 Å². The van der Waals surface area contributed by atoms with Crippen molar-refractivity contribution in [2.75, 3.05) is 25.7 Å². The SMILES string of the molecule is CCOc1ccc(N2C(=O)NC(=O)/C(=C/c3cc([N+](=O)[O-])c(OC)cc3OC)C2=O)cc1. The molecule has 0 saturated carbocycles. The Labute approximate surface area is 182 Å². The number of anilines is 1. The lowest BCUT2D eigenvalue weighted by Gasteiger charge is -2.26. The lowest BCUT2D eigenvalue weighted by Crippen LogP contribution is -2.54. The average molecular weight is 441 g/mol. The van der Waals surface area contributed by atoms with Crippen LogP contribution in [0.2, 0.25) is 0 Å². The van der Waals surface area contributed by atoms with Gasteiger partial charge in [0.2, 0.25) is 5.75 Å². The second-order valence-corrected chi connectivity index (χ2v) is 6.41. The van der Waals surface area contributed by atoms with E-state index in [4.69, 9.17) is 14.2 Å². The molecule has 11 nitrogen and oxygen atoms in total. The van der Waals surface area contributed by atoms with Gasteiger partial charge in [0, 0.05) is 17.7 Å². The molecule has 2 aromatic rings. The van der Waals surface area contributed by atoms with Crippen LogP contribution in [0, 0.1) is 10.1 Å². The predicted octanol–water partition coefficient (Wildman–Crippen LogP) is 2.68. The van der Waals surface area contributed by atoms with Gasteiger partial charge in [-0.1, -0.05) is 0 Å². The minimum atomic E-state index is -0.942. The Morgan fingerprint density at radius 2 is 1.72 bits per heavy atom. The van der Waals surface area contributed by atoms with E-state index in [1.165, 1.54) is 32.4 Å². The largest absolute Gasteiger partial charge is 0.496 e. The van der Waals surface area contributed by atoms with Crippen molar-refractivity contribution in [2.45, 2.75) is 6.92 Å². The van der Waals surface area contributed by atoms with Crippen molar-refractivity contribution in [1.29, 1.82) is 0 Å². The molecule has 0 bridgehead atoms. The summed E-state index contributed by atoms with van der Waals surface area (Å²) in [6, 6.07) is 7.61. The molecule has 32 heavy (non-hydrogen) atoms. The number of carbonyl (C=O) groups is 3. The Morgan fingerprint density at radius 1 is 1.06 bits per heavy atom. The fourth-order valence-corrected chi connectivity index (χ4v) is 3.07. The highest BCUT2D eigenvalue weighted by Gasteiger charge is 2.37. The zero-order valence-corrected chi connectivity index (χ0v) is 17.4. The molecule has 2 aromatic carbocycles. The molecule has 166 valence electrons. The minimum absolute atomic E-state index is 0.0559. The Hall–Kier alpha value is -4.41. The van der Waals surface area contributed by atoms with Crippen LogP contribution in [0.15, 0.2) is 42.0 Å². The Bertz CT molecular complexity index is 1120. The topological polar surface area (TPSA) is 137 Å². The van der Waals surface area contributed by atoms with E-state index in [1.54, 1.807) is 12.1 Å². The smallest absolute Gasteiger partial charge is 0.335 e. The quantitative estimate of drug-likeness (QED) is 0.300. The molecule has 11 heteroatoms. The van der Waals surface area contributed by atoms with Gasteiger partial charge in [0.25, 0.3) is 11.8 Å². The van der Waals surface area contributed by atoms with Crippen molar-refractivity contribution < 1.29 is 33.5 Å².